The van der Waals surface area contributed by atoms with E-state index in [-0.39, 0.29) is 6.04 Å². The van der Waals surface area contributed by atoms with E-state index in [1.807, 2.05) is 36.5 Å². The number of hydrogen-bond acceptors (Lipinski definition) is 5. The number of aromatic nitrogens is 1. The van der Waals surface area contributed by atoms with Gasteiger partial charge in [-0.05, 0) is 35.9 Å². The molecule has 2 amide bonds. The molecule has 7 nitrogen and oxygen atoms in total. The third kappa shape index (κ3) is 5.88. The summed E-state index contributed by atoms with van der Waals surface area (Å²) in [5.74, 6) is -1.45. The number of hydrogen-bond donors (Lipinski definition) is 2. The number of rotatable bonds is 6. The van der Waals surface area contributed by atoms with Crippen molar-refractivity contribution in [2.75, 3.05) is 42.9 Å². The summed E-state index contributed by atoms with van der Waals surface area (Å²) < 4.78 is 0. The first-order valence-electron chi connectivity index (χ1n) is 10.9. The summed E-state index contributed by atoms with van der Waals surface area (Å²) >= 11 is 6.07. The maximum absolute atomic E-state index is 12.5. The van der Waals surface area contributed by atoms with Crippen LogP contribution in [0.2, 0.25) is 5.02 Å². The minimum absolute atomic E-state index is 0.0892. The van der Waals surface area contributed by atoms with Crippen LogP contribution in [0.15, 0.2) is 79.1 Å². The lowest BCUT2D eigenvalue weighted by Crippen LogP contribution is -2.50. The standard InChI is InChI=1S/C25H26ClN5O2/c26-21-10-4-5-11-22(21)29-25(33)24(32)28-18-23(19-7-6-12-27-17-19)31-15-13-30(14-16-31)20-8-2-1-3-9-20/h1-12,17,23H,13-16,18H2,(H,28,32)(H,29,33)/t23-/m0/s1. The molecule has 1 fully saturated rings. The molecule has 170 valence electrons. The molecule has 0 spiro atoms. The number of para-hydroxylation sites is 2. The highest BCUT2D eigenvalue weighted by Crippen LogP contribution is 2.24. The zero-order valence-corrected chi connectivity index (χ0v) is 18.9. The summed E-state index contributed by atoms with van der Waals surface area (Å²) in [4.78, 5) is 33.8. The molecule has 3 aromatic rings. The minimum atomic E-state index is -0.748. The lowest BCUT2D eigenvalue weighted by molar-refractivity contribution is -0.136. The van der Waals surface area contributed by atoms with Crippen LogP contribution in [0, 0.1) is 0 Å². The smallest absolute Gasteiger partial charge is 0.313 e. The van der Waals surface area contributed by atoms with Gasteiger partial charge < -0.3 is 15.5 Å². The molecular formula is C25H26ClN5O2. The fraction of sp³-hybridized carbons (Fsp3) is 0.240. The molecule has 4 rings (SSSR count). The molecule has 8 heteroatoms. The van der Waals surface area contributed by atoms with Gasteiger partial charge in [-0.15, -0.1) is 0 Å². The number of halogens is 1. The number of piperazine rings is 1. The Kier molecular flexibility index (Phi) is 7.55. The van der Waals surface area contributed by atoms with E-state index in [0.717, 1.165) is 31.7 Å². The van der Waals surface area contributed by atoms with Crippen LogP contribution in [0.5, 0.6) is 0 Å². The van der Waals surface area contributed by atoms with Crippen molar-refractivity contribution < 1.29 is 9.59 Å². The molecule has 2 heterocycles. The minimum Gasteiger partial charge on any atom is -0.369 e. The van der Waals surface area contributed by atoms with Gasteiger partial charge in [0, 0.05) is 50.8 Å². The highest BCUT2D eigenvalue weighted by Gasteiger charge is 2.27. The third-order valence-electron chi connectivity index (χ3n) is 5.73. The maximum atomic E-state index is 12.5. The molecule has 0 bridgehead atoms. The average Bonchev–Trinajstić information content (AvgIpc) is 2.87. The molecule has 1 saturated heterocycles. The lowest BCUT2D eigenvalue weighted by atomic mass is 10.1. The Morgan fingerprint density at radius 3 is 2.33 bits per heavy atom. The normalized spacial score (nSPS) is 15.0. The van der Waals surface area contributed by atoms with Crippen molar-refractivity contribution in [3.05, 3.63) is 89.7 Å². The second-order valence-electron chi connectivity index (χ2n) is 7.80. The Morgan fingerprint density at radius 1 is 0.909 bits per heavy atom. The second-order valence-corrected chi connectivity index (χ2v) is 8.21. The van der Waals surface area contributed by atoms with Gasteiger partial charge in [0.05, 0.1) is 16.8 Å². The van der Waals surface area contributed by atoms with E-state index in [1.54, 1.807) is 30.5 Å². The van der Waals surface area contributed by atoms with Gasteiger partial charge in [-0.2, -0.15) is 0 Å². The van der Waals surface area contributed by atoms with Crippen LogP contribution >= 0.6 is 11.6 Å². The molecule has 33 heavy (non-hydrogen) atoms. The molecule has 1 aromatic heterocycles. The fourth-order valence-electron chi connectivity index (χ4n) is 3.97. The Labute approximate surface area is 198 Å². The molecule has 0 radical (unpaired) electrons. The number of carbonyl (C=O) groups excluding carboxylic acids is 2. The second kappa shape index (κ2) is 10.9. The lowest BCUT2D eigenvalue weighted by Gasteiger charge is -2.40. The summed E-state index contributed by atoms with van der Waals surface area (Å²) in [6, 6.07) is 20.9. The van der Waals surface area contributed by atoms with E-state index in [1.165, 1.54) is 5.69 Å². The van der Waals surface area contributed by atoms with Gasteiger partial charge in [0.15, 0.2) is 0 Å². The van der Waals surface area contributed by atoms with Crippen LogP contribution in [0.25, 0.3) is 0 Å². The van der Waals surface area contributed by atoms with Crippen LogP contribution in [-0.2, 0) is 9.59 Å². The predicted octanol–water partition coefficient (Wildman–Crippen LogP) is 3.35. The first kappa shape index (κ1) is 22.8. The van der Waals surface area contributed by atoms with Crippen molar-refractivity contribution in [1.82, 2.24) is 15.2 Å². The van der Waals surface area contributed by atoms with E-state index in [4.69, 9.17) is 11.6 Å². The zero-order chi connectivity index (χ0) is 23.0. The van der Waals surface area contributed by atoms with Gasteiger partial charge >= 0.3 is 11.8 Å². The molecule has 2 N–H and O–H groups in total. The number of pyridine rings is 1. The number of nitrogens with one attached hydrogen (secondary N) is 2. The maximum Gasteiger partial charge on any atom is 0.313 e. The van der Waals surface area contributed by atoms with E-state index in [2.05, 4.69) is 37.6 Å². The van der Waals surface area contributed by atoms with Crippen molar-refractivity contribution in [3.8, 4) is 0 Å². The van der Waals surface area contributed by atoms with Crippen LogP contribution in [0.4, 0.5) is 11.4 Å². The van der Waals surface area contributed by atoms with Crippen molar-refractivity contribution >= 4 is 34.8 Å². The summed E-state index contributed by atoms with van der Waals surface area (Å²) in [7, 11) is 0. The van der Waals surface area contributed by atoms with Gasteiger partial charge in [0.25, 0.3) is 0 Å². The molecule has 1 aliphatic heterocycles. The SMILES string of the molecule is O=C(NC[C@@H](c1cccnc1)N1CCN(c2ccccc2)CC1)C(=O)Nc1ccccc1Cl. The quantitative estimate of drug-likeness (QED) is 0.548. The average molecular weight is 464 g/mol. The predicted molar refractivity (Wildman–Crippen MR) is 130 cm³/mol. The van der Waals surface area contributed by atoms with Gasteiger partial charge in [0.2, 0.25) is 0 Å². The number of amides is 2. The van der Waals surface area contributed by atoms with Crippen molar-refractivity contribution in [2.24, 2.45) is 0 Å². The number of carbonyl (C=O) groups is 2. The molecule has 0 unspecified atom stereocenters. The molecule has 2 aromatic carbocycles. The number of nitrogens with zero attached hydrogens (tertiary/aromatic N) is 3. The third-order valence-corrected chi connectivity index (χ3v) is 6.06. The van der Waals surface area contributed by atoms with Crippen LogP contribution in [0.3, 0.4) is 0 Å². The Hall–Kier alpha value is -3.42. The van der Waals surface area contributed by atoms with Gasteiger partial charge in [-0.3, -0.25) is 19.5 Å². The molecule has 0 aliphatic carbocycles. The summed E-state index contributed by atoms with van der Waals surface area (Å²) in [6.07, 6.45) is 3.54. The Bertz CT molecular complexity index is 1070. The molecule has 0 saturated carbocycles. The molecule has 1 atom stereocenters. The summed E-state index contributed by atoms with van der Waals surface area (Å²) in [6.45, 7) is 3.71. The first-order chi connectivity index (χ1) is 16.1. The molecule has 1 aliphatic rings. The van der Waals surface area contributed by atoms with E-state index < -0.39 is 11.8 Å². The number of benzene rings is 2. The van der Waals surface area contributed by atoms with Crippen molar-refractivity contribution in [1.29, 1.82) is 0 Å². The van der Waals surface area contributed by atoms with Gasteiger partial charge in [0.1, 0.15) is 0 Å². The van der Waals surface area contributed by atoms with Crippen LogP contribution < -0.4 is 15.5 Å². The van der Waals surface area contributed by atoms with Crippen LogP contribution in [0.1, 0.15) is 11.6 Å². The van der Waals surface area contributed by atoms with Gasteiger partial charge in [-0.25, -0.2) is 0 Å². The Morgan fingerprint density at radius 2 is 1.64 bits per heavy atom. The van der Waals surface area contributed by atoms with Crippen molar-refractivity contribution in [3.63, 3.8) is 0 Å². The zero-order valence-electron chi connectivity index (χ0n) is 18.2. The van der Waals surface area contributed by atoms with Crippen LogP contribution in [-0.4, -0.2) is 54.4 Å². The highest BCUT2D eigenvalue weighted by atomic mass is 35.5. The summed E-state index contributed by atoms with van der Waals surface area (Å²) in [5, 5.41) is 5.72. The van der Waals surface area contributed by atoms with Gasteiger partial charge in [-0.1, -0.05) is 48.0 Å². The van der Waals surface area contributed by atoms with E-state index in [9.17, 15) is 9.59 Å². The van der Waals surface area contributed by atoms with Crippen molar-refractivity contribution in [2.45, 2.75) is 6.04 Å². The van der Waals surface area contributed by atoms with E-state index >= 15 is 0 Å². The summed E-state index contributed by atoms with van der Waals surface area (Å²) in [5.41, 5.74) is 2.61. The van der Waals surface area contributed by atoms with E-state index in [0.29, 0.717) is 17.3 Å². The largest absolute Gasteiger partial charge is 0.369 e. The Balaban J connectivity index is 1.39. The topological polar surface area (TPSA) is 77.6 Å². The fourth-order valence-corrected chi connectivity index (χ4v) is 4.16. The monoisotopic (exact) mass is 463 g/mol. The first-order valence-corrected chi connectivity index (χ1v) is 11.3. The highest BCUT2D eigenvalue weighted by molar-refractivity contribution is 6.41. The molecular weight excluding hydrogens is 438 g/mol. The number of anilines is 2.